The molecule has 6 heteroatoms. The Labute approximate surface area is 117 Å². The van der Waals surface area contributed by atoms with E-state index in [-0.39, 0.29) is 12.1 Å². The molecule has 0 aromatic heterocycles. The van der Waals surface area contributed by atoms with E-state index in [9.17, 15) is 14.3 Å². The van der Waals surface area contributed by atoms with Gasteiger partial charge in [0.25, 0.3) is 5.91 Å². The van der Waals surface area contributed by atoms with Crippen LogP contribution in [-0.2, 0) is 0 Å². The molecule has 1 aromatic carbocycles. The maximum absolute atomic E-state index is 13.5. The van der Waals surface area contributed by atoms with Gasteiger partial charge in [0.1, 0.15) is 5.82 Å². The van der Waals surface area contributed by atoms with Crippen LogP contribution >= 0.6 is 27.7 Å². The second-order valence-electron chi connectivity index (χ2n) is 4.31. The lowest BCUT2D eigenvalue weighted by Gasteiger charge is -2.21. The van der Waals surface area contributed by atoms with Crippen molar-refractivity contribution in [1.29, 1.82) is 0 Å². The predicted octanol–water partition coefficient (Wildman–Crippen LogP) is 2.19. The average Bonchev–Trinajstić information content (AvgIpc) is 2.74. The molecule has 1 aliphatic rings. The van der Waals surface area contributed by atoms with Gasteiger partial charge in [0.05, 0.1) is 11.2 Å². The molecule has 1 amide bonds. The number of rotatable bonds is 3. The van der Waals surface area contributed by atoms with Gasteiger partial charge in [-0.25, -0.2) is 4.39 Å². The Kier molecular flexibility index (Phi) is 4.29. The van der Waals surface area contributed by atoms with Crippen LogP contribution in [0.1, 0.15) is 16.8 Å². The molecule has 0 radical (unpaired) electrons. The van der Waals surface area contributed by atoms with Crippen LogP contribution < -0.4 is 5.32 Å². The SMILES string of the molecule is O=C(NCC1(O)CCSC1)c1c(F)cccc1Br. The summed E-state index contributed by atoms with van der Waals surface area (Å²) in [5, 5.41) is 12.7. The molecule has 18 heavy (non-hydrogen) atoms. The summed E-state index contributed by atoms with van der Waals surface area (Å²) in [6.07, 6.45) is 0.649. The third-order valence-electron chi connectivity index (χ3n) is 2.85. The van der Waals surface area contributed by atoms with Crippen LogP contribution in [0.5, 0.6) is 0 Å². The predicted molar refractivity (Wildman–Crippen MR) is 73.3 cm³/mol. The fourth-order valence-corrected chi connectivity index (χ4v) is 3.60. The van der Waals surface area contributed by atoms with Crippen molar-refractivity contribution in [2.75, 3.05) is 18.1 Å². The molecular weight excluding hydrogens is 321 g/mol. The first-order chi connectivity index (χ1) is 8.52. The number of aliphatic hydroxyl groups is 1. The van der Waals surface area contributed by atoms with E-state index >= 15 is 0 Å². The lowest BCUT2D eigenvalue weighted by molar-refractivity contribution is 0.0610. The summed E-state index contributed by atoms with van der Waals surface area (Å²) in [6.45, 7) is 0.152. The third kappa shape index (κ3) is 3.05. The van der Waals surface area contributed by atoms with Gasteiger partial charge in [0.2, 0.25) is 0 Å². The van der Waals surface area contributed by atoms with Crippen molar-refractivity contribution in [3.05, 3.63) is 34.1 Å². The standard InChI is InChI=1S/C12H13BrFNO2S/c13-8-2-1-3-9(14)10(8)11(16)15-6-12(17)4-5-18-7-12/h1-3,17H,4-7H2,(H,15,16). The number of thioether (sulfide) groups is 1. The van der Waals surface area contributed by atoms with Gasteiger partial charge in [-0.2, -0.15) is 11.8 Å². The summed E-state index contributed by atoms with van der Waals surface area (Å²) in [4.78, 5) is 11.9. The number of hydrogen-bond donors (Lipinski definition) is 2. The molecule has 3 nitrogen and oxygen atoms in total. The highest BCUT2D eigenvalue weighted by atomic mass is 79.9. The average molecular weight is 334 g/mol. The fraction of sp³-hybridized carbons (Fsp3) is 0.417. The number of hydrogen-bond acceptors (Lipinski definition) is 3. The van der Waals surface area contributed by atoms with Gasteiger partial charge in [-0.05, 0) is 40.2 Å². The van der Waals surface area contributed by atoms with E-state index in [4.69, 9.17) is 0 Å². The molecule has 0 spiro atoms. The second kappa shape index (κ2) is 5.59. The first-order valence-corrected chi connectivity index (χ1v) is 7.49. The molecule has 1 heterocycles. The van der Waals surface area contributed by atoms with E-state index in [0.717, 1.165) is 5.75 Å². The van der Waals surface area contributed by atoms with Crippen LogP contribution in [0.4, 0.5) is 4.39 Å². The van der Waals surface area contributed by atoms with E-state index in [2.05, 4.69) is 21.2 Å². The lowest BCUT2D eigenvalue weighted by atomic mass is 10.0. The van der Waals surface area contributed by atoms with Crippen LogP contribution in [0.25, 0.3) is 0 Å². The van der Waals surface area contributed by atoms with Gasteiger partial charge in [-0.3, -0.25) is 4.79 Å². The minimum absolute atomic E-state index is 0.0215. The van der Waals surface area contributed by atoms with Gasteiger partial charge < -0.3 is 10.4 Å². The summed E-state index contributed by atoms with van der Waals surface area (Å²) in [5.74, 6) is 0.404. The first-order valence-electron chi connectivity index (χ1n) is 5.54. The largest absolute Gasteiger partial charge is 0.387 e. The highest BCUT2D eigenvalue weighted by Crippen LogP contribution is 2.27. The quantitative estimate of drug-likeness (QED) is 0.891. The molecule has 0 aliphatic carbocycles. The molecule has 0 saturated carbocycles. The van der Waals surface area contributed by atoms with Crippen molar-refractivity contribution < 1.29 is 14.3 Å². The number of amides is 1. The van der Waals surface area contributed by atoms with Crippen molar-refractivity contribution in [3.8, 4) is 0 Å². The van der Waals surface area contributed by atoms with Crippen LogP contribution in [0.2, 0.25) is 0 Å². The molecule has 1 aliphatic heterocycles. The van der Waals surface area contributed by atoms with E-state index in [1.165, 1.54) is 12.1 Å². The van der Waals surface area contributed by atoms with E-state index in [0.29, 0.717) is 16.6 Å². The minimum Gasteiger partial charge on any atom is -0.387 e. The maximum Gasteiger partial charge on any atom is 0.255 e. The Hall–Kier alpha value is -0.590. The summed E-state index contributed by atoms with van der Waals surface area (Å²) in [7, 11) is 0. The van der Waals surface area contributed by atoms with Crippen LogP contribution in [0, 0.1) is 5.82 Å². The van der Waals surface area contributed by atoms with Gasteiger partial charge in [0, 0.05) is 16.8 Å². The smallest absolute Gasteiger partial charge is 0.255 e. The van der Waals surface area contributed by atoms with Gasteiger partial charge in [-0.15, -0.1) is 0 Å². The summed E-state index contributed by atoms with van der Waals surface area (Å²) in [6, 6.07) is 4.37. The molecule has 1 aromatic rings. The Morgan fingerprint density at radius 1 is 1.61 bits per heavy atom. The summed E-state index contributed by atoms with van der Waals surface area (Å²) >= 11 is 4.80. The molecule has 2 rings (SSSR count). The van der Waals surface area contributed by atoms with Gasteiger partial charge in [0.15, 0.2) is 0 Å². The number of halogens is 2. The Balaban J connectivity index is 2.04. The highest BCUT2D eigenvalue weighted by molar-refractivity contribution is 9.10. The van der Waals surface area contributed by atoms with E-state index in [1.807, 2.05) is 0 Å². The van der Waals surface area contributed by atoms with Crippen molar-refractivity contribution >= 4 is 33.6 Å². The molecule has 98 valence electrons. The van der Waals surface area contributed by atoms with Gasteiger partial charge in [-0.1, -0.05) is 6.07 Å². The lowest BCUT2D eigenvalue weighted by Crippen LogP contribution is -2.43. The van der Waals surface area contributed by atoms with Gasteiger partial charge >= 0.3 is 0 Å². The van der Waals surface area contributed by atoms with Crippen LogP contribution in [0.15, 0.2) is 22.7 Å². The molecule has 1 unspecified atom stereocenters. The highest BCUT2D eigenvalue weighted by Gasteiger charge is 2.32. The Bertz CT molecular complexity index is 443. The normalized spacial score (nSPS) is 23.1. The number of benzene rings is 1. The number of carbonyl (C=O) groups is 1. The van der Waals surface area contributed by atoms with Crippen LogP contribution in [-0.4, -0.2) is 34.7 Å². The van der Waals surface area contributed by atoms with Crippen molar-refractivity contribution in [3.63, 3.8) is 0 Å². The molecule has 1 saturated heterocycles. The molecule has 1 fully saturated rings. The molecule has 0 bridgehead atoms. The third-order valence-corrected chi connectivity index (χ3v) is 4.75. The van der Waals surface area contributed by atoms with E-state index in [1.54, 1.807) is 17.8 Å². The Morgan fingerprint density at radius 2 is 2.39 bits per heavy atom. The monoisotopic (exact) mass is 333 g/mol. The molecule has 2 N–H and O–H groups in total. The van der Waals surface area contributed by atoms with Crippen molar-refractivity contribution in [2.24, 2.45) is 0 Å². The van der Waals surface area contributed by atoms with Crippen LogP contribution in [0.3, 0.4) is 0 Å². The van der Waals surface area contributed by atoms with Crippen molar-refractivity contribution in [2.45, 2.75) is 12.0 Å². The number of carbonyl (C=O) groups excluding carboxylic acids is 1. The van der Waals surface area contributed by atoms with Crippen molar-refractivity contribution in [1.82, 2.24) is 5.32 Å². The number of nitrogens with one attached hydrogen (secondary N) is 1. The molecular formula is C12H13BrFNO2S. The minimum atomic E-state index is -0.863. The fourth-order valence-electron chi connectivity index (χ4n) is 1.78. The topological polar surface area (TPSA) is 49.3 Å². The second-order valence-corrected chi connectivity index (χ2v) is 6.27. The Morgan fingerprint density at radius 3 is 3.00 bits per heavy atom. The summed E-state index contributed by atoms with van der Waals surface area (Å²) in [5.41, 5.74) is -0.885. The zero-order valence-corrected chi connectivity index (χ0v) is 12.0. The van der Waals surface area contributed by atoms with E-state index < -0.39 is 17.3 Å². The molecule has 1 atom stereocenters. The maximum atomic E-state index is 13.5. The summed E-state index contributed by atoms with van der Waals surface area (Å²) < 4.78 is 13.9. The first kappa shape index (κ1) is 13.8. The zero-order chi connectivity index (χ0) is 13.2. The zero-order valence-electron chi connectivity index (χ0n) is 9.58.